The van der Waals surface area contributed by atoms with E-state index in [4.69, 9.17) is 14.0 Å². The number of rotatable bonds is 6. The molecule has 9 heteroatoms. The average molecular weight is 442 g/mol. The maximum Gasteiger partial charge on any atom is 0.342 e. The molecule has 0 fully saturated rings. The Hall–Kier alpha value is -3.33. The Morgan fingerprint density at radius 3 is 2.68 bits per heavy atom. The number of ether oxygens (including phenoxy) is 2. The maximum absolute atomic E-state index is 13.3. The zero-order chi connectivity index (χ0) is 22.2. The second-order valence-corrected chi connectivity index (χ2v) is 9.06. The van der Waals surface area contributed by atoms with Crippen molar-refractivity contribution >= 4 is 21.7 Å². The van der Waals surface area contributed by atoms with Gasteiger partial charge in [0.25, 0.3) is 10.0 Å². The molecule has 2 heterocycles. The standard InChI is InChI=1S/C22H22N2O6S/c1-14-19(15(2)30-23-14)13-29-22(25)18-12-17(8-9-21(18)28-3)31(26,27)24-11-10-16-6-4-5-7-20(16)24/h4-9,12H,10-11,13H2,1-3H3. The van der Waals surface area contributed by atoms with Gasteiger partial charge in [0.2, 0.25) is 0 Å². The second-order valence-electron chi connectivity index (χ2n) is 7.20. The number of sulfonamides is 1. The summed E-state index contributed by atoms with van der Waals surface area (Å²) in [5.41, 5.74) is 2.95. The number of hydrogen-bond acceptors (Lipinski definition) is 7. The molecule has 162 valence electrons. The van der Waals surface area contributed by atoms with Crippen LogP contribution >= 0.6 is 0 Å². The summed E-state index contributed by atoms with van der Waals surface area (Å²) in [6.45, 7) is 3.78. The van der Waals surface area contributed by atoms with Crippen molar-refractivity contribution in [2.24, 2.45) is 0 Å². The fourth-order valence-corrected chi connectivity index (χ4v) is 5.15. The minimum Gasteiger partial charge on any atom is -0.496 e. The van der Waals surface area contributed by atoms with Crippen LogP contribution in [0.25, 0.3) is 0 Å². The van der Waals surface area contributed by atoms with Crippen LogP contribution in [0.4, 0.5) is 5.69 Å². The van der Waals surface area contributed by atoms with E-state index in [9.17, 15) is 13.2 Å². The van der Waals surface area contributed by atoms with Crippen LogP contribution in [-0.2, 0) is 27.8 Å². The highest BCUT2D eigenvalue weighted by molar-refractivity contribution is 7.92. The van der Waals surface area contributed by atoms with Crippen molar-refractivity contribution < 1.29 is 27.2 Å². The molecule has 0 saturated heterocycles. The molecule has 8 nitrogen and oxygen atoms in total. The van der Waals surface area contributed by atoms with Crippen LogP contribution in [0.15, 0.2) is 51.9 Å². The van der Waals surface area contributed by atoms with Gasteiger partial charge in [-0.3, -0.25) is 4.31 Å². The molecule has 0 amide bonds. The minimum atomic E-state index is -3.86. The van der Waals surface area contributed by atoms with Gasteiger partial charge in [0.1, 0.15) is 23.7 Å². The largest absolute Gasteiger partial charge is 0.496 e. The summed E-state index contributed by atoms with van der Waals surface area (Å²) in [5.74, 6) is 0.0848. The van der Waals surface area contributed by atoms with E-state index in [1.807, 2.05) is 12.1 Å². The Morgan fingerprint density at radius 2 is 1.97 bits per heavy atom. The van der Waals surface area contributed by atoms with E-state index in [0.29, 0.717) is 35.7 Å². The fourth-order valence-electron chi connectivity index (χ4n) is 3.62. The zero-order valence-corrected chi connectivity index (χ0v) is 18.2. The van der Waals surface area contributed by atoms with Crippen LogP contribution in [0.1, 0.15) is 32.9 Å². The molecule has 0 aliphatic carbocycles. The molecule has 0 spiro atoms. The summed E-state index contributed by atoms with van der Waals surface area (Å²) in [6, 6.07) is 11.6. The summed E-state index contributed by atoms with van der Waals surface area (Å²) in [4.78, 5) is 12.8. The molecular weight excluding hydrogens is 420 g/mol. The van der Waals surface area contributed by atoms with Crippen molar-refractivity contribution in [3.05, 3.63) is 70.6 Å². The number of anilines is 1. The molecule has 0 atom stereocenters. The second kappa shape index (κ2) is 8.07. The Balaban J connectivity index is 1.64. The van der Waals surface area contributed by atoms with Crippen LogP contribution in [0.5, 0.6) is 5.75 Å². The van der Waals surface area contributed by atoms with Gasteiger partial charge in [0.05, 0.1) is 29.0 Å². The number of fused-ring (bicyclic) bond motifs is 1. The molecule has 1 aliphatic heterocycles. The fraction of sp³-hybridized carbons (Fsp3) is 0.273. The molecular formula is C22H22N2O6S. The first-order valence-electron chi connectivity index (χ1n) is 9.70. The first kappa shape index (κ1) is 20.9. The molecule has 0 unspecified atom stereocenters. The zero-order valence-electron chi connectivity index (χ0n) is 17.4. The summed E-state index contributed by atoms with van der Waals surface area (Å²) >= 11 is 0. The number of benzene rings is 2. The Labute approximate surface area is 180 Å². The van der Waals surface area contributed by atoms with Crippen LogP contribution in [0.2, 0.25) is 0 Å². The molecule has 0 radical (unpaired) electrons. The lowest BCUT2D eigenvalue weighted by Gasteiger charge is -2.20. The molecule has 1 aliphatic rings. The lowest BCUT2D eigenvalue weighted by molar-refractivity contribution is 0.0467. The number of methoxy groups -OCH3 is 1. The van der Waals surface area contributed by atoms with Crippen LogP contribution in [-0.4, -0.2) is 33.2 Å². The number of carbonyl (C=O) groups is 1. The lowest BCUT2D eigenvalue weighted by Crippen LogP contribution is -2.29. The van der Waals surface area contributed by atoms with E-state index in [2.05, 4.69) is 5.16 Å². The Morgan fingerprint density at radius 1 is 1.19 bits per heavy atom. The number of esters is 1. The number of hydrogen-bond donors (Lipinski definition) is 0. The third-order valence-electron chi connectivity index (χ3n) is 5.35. The van der Waals surface area contributed by atoms with Crippen molar-refractivity contribution in [2.75, 3.05) is 18.0 Å². The van der Waals surface area contributed by atoms with Crippen LogP contribution < -0.4 is 9.04 Å². The number of aromatic nitrogens is 1. The topological polar surface area (TPSA) is 98.9 Å². The normalized spacial score (nSPS) is 13.2. The minimum absolute atomic E-state index is 0.00529. The average Bonchev–Trinajstić information content (AvgIpc) is 3.35. The molecule has 0 N–H and O–H groups in total. The van der Waals surface area contributed by atoms with Crippen molar-refractivity contribution in [2.45, 2.75) is 31.8 Å². The highest BCUT2D eigenvalue weighted by atomic mass is 32.2. The SMILES string of the molecule is COc1ccc(S(=O)(=O)N2CCc3ccccc32)cc1C(=O)OCc1c(C)noc1C. The number of aryl methyl sites for hydroxylation is 2. The highest BCUT2D eigenvalue weighted by Crippen LogP contribution is 2.34. The van der Waals surface area contributed by atoms with Crippen molar-refractivity contribution in [1.82, 2.24) is 5.16 Å². The molecule has 0 saturated carbocycles. The molecule has 3 aromatic rings. The first-order valence-corrected chi connectivity index (χ1v) is 11.1. The van der Waals surface area contributed by atoms with Crippen LogP contribution in [0, 0.1) is 13.8 Å². The third-order valence-corrected chi connectivity index (χ3v) is 7.16. The van der Waals surface area contributed by atoms with Gasteiger partial charge in [-0.15, -0.1) is 0 Å². The monoisotopic (exact) mass is 442 g/mol. The van der Waals surface area contributed by atoms with Crippen molar-refractivity contribution in [3.63, 3.8) is 0 Å². The van der Waals surface area contributed by atoms with Gasteiger partial charge in [0.15, 0.2) is 0 Å². The molecule has 0 bridgehead atoms. The smallest absolute Gasteiger partial charge is 0.342 e. The van der Waals surface area contributed by atoms with Crippen molar-refractivity contribution in [1.29, 1.82) is 0 Å². The molecule has 2 aromatic carbocycles. The van der Waals surface area contributed by atoms with Crippen molar-refractivity contribution in [3.8, 4) is 5.75 Å². The summed E-state index contributed by atoms with van der Waals surface area (Å²) in [5, 5.41) is 3.83. The highest BCUT2D eigenvalue weighted by Gasteiger charge is 2.32. The Kier molecular flexibility index (Phi) is 5.45. The summed E-state index contributed by atoms with van der Waals surface area (Å²) in [6.07, 6.45) is 0.637. The first-order chi connectivity index (χ1) is 14.8. The summed E-state index contributed by atoms with van der Waals surface area (Å²) < 4.78 is 43.7. The predicted octanol–water partition coefficient (Wildman–Crippen LogP) is 3.41. The van der Waals surface area contributed by atoms with E-state index in [0.717, 1.165) is 5.56 Å². The Bertz CT molecular complexity index is 1230. The van der Waals surface area contributed by atoms with E-state index >= 15 is 0 Å². The van der Waals surface area contributed by atoms with Gasteiger partial charge in [0, 0.05) is 6.54 Å². The molecule has 31 heavy (non-hydrogen) atoms. The van der Waals surface area contributed by atoms with Gasteiger partial charge >= 0.3 is 5.97 Å². The number of para-hydroxylation sites is 1. The predicted molar refractivity (Wildman–Crippen MR) is 113 cm³/mol. The quantitative estimate of drug-likeness (QED) is 0.540. The van der Waals surface area contributed by atoms with E-state index in [1.54, 1.807) is 26.0 Å². The number of carbonyl (C=O) groups excluding carboxylic acids is 1. The number of nitrogens with zero attached hydrogens (tertiary/aromatic N) is 2. The van der Waals surface area contributed by atoms with E-state index in [-0.39, 0.29) is 22.8 Å². The lowest BCUT2D eigenvalue weighted by atomic mass is 10.2. The van der Waals surface area contributed by atoms with Crippen LogP contribution in [0.3, 0.4) is 0 Å². The van der Waals surface area contributed by atoms with Gasteiger partial charge < -0.3 is 14.0 Å². The molecule has 1 aromatic heterocycles. The van der Waals surface area contributed by atoms with Gasteiger partial charge in [-0.05, 0) is 50.1 Å². The third kappa shape index (κ3) is 3.76. The van der Waals surface area contributed by atoms with E-state index in [1.165, 1.54) is 29.6 Å². The summed E-state index contributed by atoms with van der Waals surface area (Å²) in [7, 11) is -2.45. The van der Waals surface area contributed by atoms with Gasteiger partial charge in [-0.1, -0.05) is 23.4 Å². The van der Waals surface area contributed by atoms with Gasteiger partial charge in [-0.2, -0.15) is 0 Å². The maximum atomic E-state index is 13.3. The van der Waals surface area contributed by atoms with Gasteiger partial charge in [-0.25, -0.2) is 13.2 Å². The van der Waals surface area contributed by atoms with E-state index < -0.39 is 16.0 Å². The molecule has 4 rings (SSSR count).